The minimum atomic E-state index is -0.108. The van der Waals surface area contributed by atoms with E-state index in [1.165, 1.54) is 0 Å². The van der Waals surface area contributed by atoms with E-state index in [9.17, 15) is 4.79 Å². The number of hydrogen-bond donors (Lipinski definition) is 1. The van der Waals surface area contributed by atoms with Crippen LogP contribution < -0.4 is 10.1 Å². The van der Waals surface area contributed by atoms with Crippen molar-refractivity contribution in [3.63, 3.8) is 0 Å². The van der Waals surface area contributed by atoms with Crippen LogP contribution in [0.15, 0.2) is 24.3 Å². The Morgan fingerprint density at radius 2 is 2.21 bits per heavy atom. The molecule has 130 valence electrons. The van der Waals surface area contributed by atoms with Crippen LogP contribution in [0.2, 0.25) is 0 Å². The molecule has 1 aromatic rings. The third kappa shape index (κ3) is 5.47. The molecule has 1 atom stereocenters. The zero-order valence-electron chi connectivity index (χ0n) is 14.3. The Balaban J connectivity index is 1.92. The lowest BCUT2D eigenvalue weighted by molar-refractivity contribution is 0.0446. The topological polar surface area (TPSA) is 50.8 Å². The smallest absolute Gasteiger partial charge is 0.321 e. The number of carbonyl (C=O) groups excluding carboxylic acids is 1. The van der Waals surface area contributed by atoms with Crippen LogP contribution in [0.1, 0.15) is 32.6 Å². The summed E-state index contributed by atoms with van der Waals surface area (Å²) in [6, 6.07) is 7.21. The monoisotopic (exact) mass is 330 g/mol. The highest BCUT2D eigenvalue weighted by Crippen LogP contribution is 2.24. The summed E-state index contributed by atoms with van der Waals surface area (Å²) in [5.74, 6) is 3.02. The van der Waals surface area contributed by atoms with Gasteiger partial charge in [0.25, 0.3) is 0 Å². The van der Waals surface area contributed by atoms with Crippen LogP contribution >= 0.6 is 0 Å². The van der Waals surface area contributed by atoms with E-state index in [1.807, 2.05) is 23.1 Å². The summed E-state index contributed by atoms with van der Waals surface area (Å²) in [4.78, 5) is 14.4. The maximum absolute atomic E-state index is 12.5. The van der Waals surface area contributed by atoms with Crippen molar-refractivity contribution in [2.45, 2.75) is 38.7 Å². The normalized spacial score (nSPS) is 17.7. The molecule has 2 rings (SSSR count). The molecule has 1 unspecified atom stereocenters. The van der Waals surface area contributed by atoms with Crippen LogP contribution in [-0.2, 0) is 4.74 Å². The van der Waals surface area contributed by atoms with E-state index in [2.05, 4.69) is 18.2 Å². The number of carbonyl (C=O) groups is 1. The number of nitrogens with one attached hydrogen (secondary N) is 1. The third-order valence-corrected chi connectivity index (χ3v) is 3.96. The molecule has 1 fully saturated rings. The maximum Gasteiger partial charge on any atom is 0.321 e. The van der Waals surface area contributed by atoms with E-state index in [1.54, 1.807) is 6.07 Å². The molecule has 0 bridgehead atoms. The van der Waals surface area contributed by atoms with Crippen molar-refractivity contribution in [1.29, 1.82) is 0 Å². The van der Waals surface area contributed by atoms with Crippen LogP contribution in [0.25, 0.3) is 0 Å². The van der Waals surface area contributed by atoms with Crippen molar-refractivity contribution >= 4 is 11.7 Å². The number of hydrogen-bond acceptors (Lipinski definition) is 3. The number of urea groups is 1. The molecule has 24 heavy (non-hydrogen) atoms. The molecule has 2 amide bonds. The Labute approximate surface area is 144 Å². The van der Waals surface area contributed by atoms with Crippen molar-refractivity contribution in [3.05, 3.63) is 24.3 Å². The molecular formula is C19H26N2O3. The number of likely N-dealkylation sites (tertiary alicyclic amines) is 1. The van der Waals surface area contributed by atoms with Gasteiger partial charge < -0.3 is 19.7 Å². The fraction of sp³-hybridized carbons (Fsp3) is 0.526. The molecule has 0 saturated carbocycles. The Kier molecular flexibility index (Phi) is 7.44. The second-order valence-corrected chi connectivity index (χ2v) is 5.83. The molecule has 1 aliphatic rings. The number of para-hydroxylation sites is 2. The molecule has 5 heteroatoms. The van der Waals surface area contributed by atoms with Crippen molar-refractivity contribution in [1.82, 2.24) is 4.90 Å². The number of amides is 2. The van der Waals surface area contributed by atoms with Gasteiger partial charge in [0.05, 0.1) is 11.8 Å². The van der Waals surface area contributed by atoms with E-state index in [-0.39, 0.29) is 18.7 Å². The minimum Gasteiger partial charge on any atom is -0.479 e. The number of ether oxygens (including phenoxy) is 2. The van der Waals surface area contributed by atoms with Crippen LogP contribution in [0.5, 0.6) is 5.75 Å². The van der Waals surface area contributed by atoms with Gasteiger partial charge in [0.2, 0.25) is 0 Å². The lowest BCUT2D eigenvalue weighted by atomic mass is 10.2. The van der Waals surface area contributed by atoms with E-state index in [0.717, 1.165) is 38.8 Å². The number of nitrogens with zero attached hydrogens (tertiary/aromatic N) is 1. The predicted molar refractivity (Wildman–Crippen MR) is 95.2 cm³/mol. The maximum atomic E-state index is 12.5. The zero-order chi connectivity index (χ0) is 17.2. The van der Waals surface area contributed by atoms with E-state index < -0.39 is 0 Å². The molecule has 1 N–H and O–H groups in total. The van der Waals surface area contributed by atoms with Gasteiger partial charge in [-0.1, -0.05) is 25.0 Å². The average Bonchev–Trinajstić information content (AvgIpc) is 2.85. The number of rotatable bonds is 6. The van der Waals surface area contributed by atoms with Crippen molar-refractivity contribution in [2.24, 2.45) is 0 Å². The molecule has 1 saturated heterocycles. The second-order valence-electron chi connectivity index (χ2n) is 5.83. The van der Waals surface area contributed by atoms with Gasteiger partial charge in [0.15, 0.2) is 0 Å². The summed E-state index contributed by atoms with van der Waals surface area (Å²) in [6.45, 7) is 4.51. The van der Waals surface area contributed by atoms with Gasteiger partial charge in [-0.3, -0.25) is 0 Å². The quantitative estimate of drug-likeness (QED) is 0.812. The van der Waals surface area contributed by atoms with Gasteiger partial charge >= 0.3 is 6.03 Å². The lowest BCUT2D eigenvalue weighted by Crippen LogP contribution is -2.36. The zero-order valence-corrected chi connectivity index (χ0v) is 14.3. The Bertz CT molecular complexity index is 568. The van der Waals surface area contributed by atoms with Crippen LogP contribution in [0, 0.1) is 12.3 Å². The molecule has 5 nitrogen and oxygen atoms in total. The molecule has 0 spiro atoms. The van der Waals surface area contributed by atoms with Gasteiger partial charge in [-0.05, 0) is 37.8 Å². The molecule has 0 radical (unpaired) electrons. The van der Waals surface area contributed by atoms with Gasteiger partial charge in [0.1, 0.15) is 12.4 Å². The second kappa shape index (κ2) is 9.84. The Morgan fingerprint density at radius 1 is 1.38 bits per heavy atom. The lowest BCUT2D eigenvalue weighted by Gasteiger charge is -2.22. The van der Waals surface area contributed by atoms with Gasteiger partial charge in [-0.25, -0.2) is 4.79 Å². The highest BCUT2D eigenvalue weighted by atomic mass is 16.5. The average molecular weight is 330 g/mol. The molecule has 0 aliphatic carbocycles. The summed E-state index contributed by atoms with van der Waals surface area (Å²) in [7, 11) is 0. The van der Waals surface area contributed by atoms with Crippen LogP contribution in [-0.4, -0.2) is 43.3 Å². The SMILES string of the molecule is C#CCOc1ccccc1NC(=O)N1CCCC(OCCC)CC1. The van der Waals surface area contributed by atoms with Gasteiger partial charge in [-0.2, -0.15) is 0 Å². The fourth-order valence-corrected chi connectivity index (χ4v) is 2.73. The summed E-state index contributed by atoms with van der Waals surface area (Å²) < 4.78 is 11.3. The largest absolute Gasteiger partial charge is 0.479 e. The highest BCUT2D eigenvalue weighted by molar-refractivity contribution is 5.91. The van der Waals surface area contributed by atoms with Crippen LogP contribution in [0.3, 0.4) is 0 Å². The Hall–Kier alpha value is -2.19. The van der Waals surface area contributed by atoms with Crippen molar-refractivity contribution in [2.75, 3.05) is 31.6 Å². The van der Waals surface area contributed by atoms with Crippen molar-refractivity contribution < 1.29 is 14.3 Å². The Morgan fingerprint density at radius 3 is 3.00 bits per heavy atom. The van der Waals surface area contributed by atoms with Gasteiger partial charge in [0, 0.05) is 19.7 Å². The summed E-state index contributed by atoms with van der Waals surface area (Å²) in [5.41, 5.74) is 0.640. The number of terminal acetylenes is 1. The molecule has 0 aromatic heterocycles. The summed E-state index contributed by atoms with van der Waals surface area (Å²) >= 11 is 0. The molecule has 1 aliphatic heterocycles. The predicted octanol–water partition coefficient (Wildman–Crippen LogP) is 3.51. The molecular weight excluding hydrogens is 304 g/mol. The van der Waals surface area contributed by atoms with Crippen molar-refractivity contribution in [3.8, 4) is 18.1 Å². The van der Waals surface area contributed by atoms with Crippen LogP contribution in [0.4, 0.5) is 10.5 Å². The third-order valence-electron chi connectivity index (χ3n) is 3.96. The summed E-state index contributed by atoms with van der Waals surface area (Å²) in [5, 5.41) is 2.93. The first-order chi connectivity index (χ1) is 11.7. The first-order valence-corrected chi connectivity index (χ1v) is 8.57. The van der Waals surface area contributed by atoms with E-state index in [0.29, 0.717) is 18.0 Å². The molecule has 1 aromatic carbocycles. The first kappa shape index (κ1) is 18.2. The first-order valence-electron chi connectivity index (χ1n) is 8.57. The standard InChI is InChI=1S/C19H26N2O3/c1-3-14-23-16-8-7-12-21(13-11-16)19(22)20-17-9-5-6-10-18(17)24-15-4-2/h2,5-6,9-10,16H,3,7-8,11-15H2,1H3,(H,20,22). The van der Waals surface area contributed by atoms with Gasteiger partial charge in [-0.15, -0.1) is 6.42 Å². The molecule has 1 heterocycles. The van der Waals surface area contributed by atoms with E-state index in [4.69, 9.17) is 15.9 Å². The fourth-order valence-electron chi connectivity index (χ4n) is 2.73. The number of anilines is 1. The number of benzene rings is 1. The van der Waals surface area contributed by atoms with E-state index >= 15 is 0 Å². The highest BCUT2D eigenvalue weighted by Gasteiger charge is 2.21. The summed E-state index contributed by atoms with van der Waals surface area (Å²) in [6.07, 6.45) is 9.35. The minimum absolute atomic E-state index is 0.108.